The summed E-state index contributed by atoms with van der Waals surface area (Å²) in [5.74, 6) is 0. The number of benzene rings is 25. The van der Waals surface area contributed by atoms with E-state index < -0.39 is 0 Å². The average Bonchev–Trinajstić information content (AvgIpc) is 1.19. The second-order valence-electron chi connectivity index (χ2n) is 43.0. The van der Waals surface area contributed by atoms with E-state index in [2.05, 4.69) is 521 Å². The normalized spacial score (nSPS) is 13.5. The van der Waals surface area contributed by atoms with Gasteiger partial charge in [-0.15, -0.1) is 0 Å². The van der Waals surface area contributed by atoms with E-state index in [1.807, 2.05) is 6.20 Å². The summed E-state index contributed by atoms with van der Waals surface area (Å²) in [6, 6.07) is 178. The second-order valence-corrected chi connectivity index (χ2v) is 43.0. The molecule has 2 heteroatoms. The summed E-state index contributed by atoms with van der Waals surface area (Å²) >= 11 is 0. The lowest BCUT2D eigenvalue weighted by Crippen LogP contribution is -2.14. The minimum Gasteiger partial charge on any atom is -0.256 e. The van der Waals surface area contributed by atoms with Crippen LogP contribution in [0.4, 0.5) is 0 Å². The van der Waals surface area contributed by atoms with Crippen LogP contribution in [0.25, 0.3) is 263 Å². The van der Waals surface area contributed by atoms with Gasteiger partial charge < -0.3 is 0 Å². The number of aromatic nitrogens is 2. The Bertz CT molecular complexity index is 10400. The van der Waals surface area contributed by atoms with Crippen molar-refractivity contribution in [1.82, 2.24) is 9.97 Å². The Morgan fingerprint density at radius 1 is 0.174 bits per heavy atom. The van der Waals surface area contributed by atoms with E-state index in [0.717, 1.165) is 35.1 Å². The zero-order chi connectivity index (χ0) is 99.2. The number of hydrogen-bond donors (Lipinski definition) is 0. The summed E-state index contributed by atoms with van der Waals surface area (Å²) in [6.07, 6.45) is 4.21. The van der Waals surface area contributed by atoms with Crippen molar-refractivity contribution in [3.63, 3.8) is 0 Å². The molecule has 0 N–H and O–H groups in total. The maximum Gasteiger partial charge on any atom is 0.0792 e. The fourth-order valence-corrected chi connectivity index (χ4v) is 26.5. The molecule has 0 spiro atoms. The highest BCUT2D eigenvalue weighted by Gasteiger charge is 2.40. The molecule has 0 atom stereocenters. The third kappa shape index (κ3) is 13.9. The molecule has 4 aliphatic rings. The molecule has 2 heterocycles. The standard InChI is InChI=1S/C51H36.2C48H33N/c1-51(2)46-17-8-7-13-38(46)39-25-24-37(30-47(39)51)49-41-14-5-6-15-42(41)50(43-26-22-33-20-19-32-12-9-16-40(43)48(32)33)44-27-23-36(29-45(44)49)35-21-18-31-10-3-4-11-34(31)28-35;1-48(2)42-17-9-8-14-36(42)37-24-22-35(29-43(37)48)46-38-15-6-7-16-39(38)47(45-26-23-31-12-5-10-18-44(31)49-45)40-25-21-34(28-41(40)46)33-20-19-30-11-3-4-13-32(30)27-33;1-48(2)43-18-10-9-15-37(43)38-23-22-35(29-44(38)48)45-39-16-7-8-17-40(39)46(47-36-14-6-5-12-31(36)25-26-49-47)41-24-21-34(28-42(41)45)33-20-19-30-11-3-4-13-32(30)27-33/h3-18,21-30H,19-20H2,1-2H3;2*3-29H,1-2H3. The summed E-state index contributed by atoms with van der Waals surface area (Å²) in [7, 11) is 0. The van der Waals surface area contributed by atoms with E-state index in [1.54, 1.807) is 0 Å². The first kappa shape index (κ1) is 87.5. The van der Waals surface area contributed by atoms with Gasteiger partial charge in [0.2, 0.25) is 0 Å². The van der Waals surface area contributed by atoms with Crippen molar-refractivity contribution < 1.29 is 0 Å². The molecule has 25 aromatic carbocycles. The molecule has 700 valence electrons. The molecule has 0 amide bonds. The highest BCUT2D eigenvalue weighted by Crippen LogP contribution is 2.58. The van der Waals surface area contributed by atoms with Crippen molar-refractivity contribution in [3.05, 3.63) is 530 Å². The van der Waals surface area contributed by atoms with E-state index >= 15 is 0 Å². The minimum absolute atomic E-state index is 0.0750. The van der Waals surface area contributed by atoms with Gasteiger partial charge in [-0.05, 0) is 355 Å². The third-order valence-corrected chi connectivity index (χ3v) is 33.8. The van der Waals surface area contributed by atoms with Gasteiger partial charge in [-0.2, -0.15) is 0 Å². The van der Waals surface area contributed by atoms with Crippen molar-refractivity contribution in [2.24, 2.45) is 0 Å². The molecule has 0 radical (unpaired) electrons. The molecule has 2 nitrogen and oxygen atoms in total. The van der Waals surface area contributed by atoms with Crippen molar-refractivity contribution >= 4 is 129 Å². The summed E-state index contributed by atoms with van der Waals surface area (Å²) in [5, 5.41) is 28.9. The lowest BCUT2D eigenvalue weighted by molar-refractivity contribution is 0.660. The lowest BCUT2D eigenvalue weighted by atomic mass is 9.80. The molecule has 2 aromatic heterocycles. The molecule has 0 fully saturated rings. The molecule has 31 rings (SSSR count). The molecule has 0 bridgehead atoms. The summed E-state index contributed by atoms with van der Waals surface area (Å²) in [6.45, 7) is 14.2. The van der Waals surface area contributed by atoms with Gasteiger partial charge in [0.25, 0.3) is 0 Å². The number of nitrogens with zero attached hydrogens (tertiary/aromatic N) is 2. The van der Waals surface area contributed by atoms with Gasteiger partial charge in [0, 0.05) is 44.3 Å². The number of pyridine rings is 2. The van der Waals surface area contributed by atoms with E-state index in [9.17, 15) is 0 Å². The average molecular weight is 1900 g/mol. The molecule has 0 saturated carbocycles. The summed E-state index contributed by atoms with van der Waals surface area (Å²) in [4.78, 5) is 10.3. The maximum atomic E-state index is 5.25. The van der Waals surface area contributed by atoms with Crippen LogP contribution < -0.4 is 0 Å². The number of hydrogen-bond acceptors (Lipinski definition) is 2. The Morgan fingerprint density at radius 2 is 0.483 bits per heavy atom. The van der Waals surface area contributed by atoms with Gasteiger partial charge in [0.1, 0.15) is 0 Å². The number of fused-ring (bicyclic) bond motifs is 20. The van der Waals surface area contributed by atoms with Crippen LogP contribution in [0.5, 0.6) is 0 Å². The van der Waals surface area contributed by atoms with Gasteiger partial charge in [-0.25, -0.2) is 4.98 Å². The highest BCUT2D eigenvalue weighted by molar-refractivity contribution is 6.28. The van der Waals surface area contributed by atoms with Crippen LogP contribution in [-0.4, -0.2) is 9.97 Å². The van der Waals surface area contributed by atoms with Gasteiger partial charge in [-0.1, -0.05) is 448 Å². The van der Waals surface area contributed by atoms with Gasteiger partial charge in [-0.3, -0.25) is 4.98 Å². The van der Waals surface area contributed by atoms with Crippen molar-refractivity contribution in [1.29, 1.82) is 0 Å². The monoisotopic (exact) mass is 1890 g/mol. The molecule has 0 aliphatic heterocycles. The quantitative estimate of drug-likeness (QED) is 0.135. The Hall–Kier alpha value is -18.1. The van der Waals surface area contributed by atoms with E-state index in [0.29, 0.717) is 0 Å². The molecule has 0 saturated heterocycles. The lowest BCUT2D eigenvalue weighted by Gasteiger charge is -2.23. The fourth-order valence-electron chi connectivity index (χ4n) is 26.5. The van der Waals surface area contributed by atoms with E-state index in [-0.39, 0.29) is 16.2 Å². The largest absolute Gasteiger partial charge is 0.256 e. The van der Waals surface area contributed by atoms with Crippen LogP contribution in [0, 0.1) is 0 Å². The van der Waals surface area contributed by atoms with Crippen LogP contribution in [0.2, 0.25) is 0 Å². The molecule has 27 aromatic rings. The molecule has 0 unspecified atom stereocenters. The third-order valence-electron chi connectivity index (χ3n) is 33.8. The Labute approximate surface area is 867 Å². The smallest absolute Gasteiger partial charge is 0.0792 e. The van der Waals surface area contributed by atoms with Crippen LogP contribution >= 0.6 is 0 Å². The van der Waals surface area contributed by atoms with Crippen LogP contribution in [0.3, 0.4) is 0 Å². The zero-order valence-electron chi connectivity index (χ0n) is 84.0. The van der Waals surface area contributed by atoms with Crippen LogP contribution in [0.15, 0.2) is 485 Å². The van der Waals surface area contributed by atoms with Gasteiger partial charge >= 0.3 is 0 Å². The number of para-hydroxylation sites is 1. The number of aryl methyl sites for hydroxylation is 2. The summed E-state index contributed by atoms with van der Waals surface area (Å²) in [5.41, 5.74) is 42.2. The van der Waals surface area contributed by atoms with E-state index in [4.69, 9.17) is 9.97 Å². The molecule has 4 aliphatic carbocycles. The zero-order valence-corrected chi connectivity index (χ0v) is 84.0. The predicted octanol–water partition coefficient (Wildman–Crippen LogP) is 39.7. The second kappa shape index (κ2) is 34.0. The first-order valence-corrected chi connectivity index (χ1v) is 52.6. The Balaban J connectivity index is 0.000000105. The van der Waals surface area contributed by atoms with Crippen molar-refractivity contribution in [2.75, 3.05) is 0 Å². The SMILES string of the molecule is CC1(C)c2ccccc2-c2ccc(-c3c4ccccc4c(-c4ccc5c6c(cccc46)CC5)c4ccc(-c5ccc6ccccc6c5)cc34)cc21.CC1(C)c2ccccc2-c2ccc(-c3c4ccccc4c(-c4ccc5ccccc5n4)c4ccc(-c5ccc6ccccc6c5)cc34)cc21.CC1(C)c2ccccc2-c2ccc(-c3c4ccccc4c(-c4nccc5ccccc45)c4ccc(-c5ccc6ccccc6c5)cc34)cc21. The first-order valence-electron chi connectivity index (χ1n) is 52.6. The Morgan fingerprint density at radius 3 is 0.940 bits per heavy atom. The fraction of sp³-hybridized carbons (Fsp3) is 0.0748. The Kier molecular flexibility index (Phi) is 20.0. The van der Waals surface area contributed by atoms with Crippen molar-refractivity contribution in [3.8, 4) is 134 Å². The van der Waals surface area contributed by atoms with Gasteiger partial charge in [0.05, 0.1) is 16.9 Å². The van der Waals surface area contributed by atoms with Crippen molar-refractivity contribution in [2.45, 2.75) is 70.6 Å². The van der Waals surface area contributed by atoms with Crippen LogP contribution in [0.1, 0.15) is 86.1 Å². The highest BCUT2D eigenvalue weighted by atomic mass is 14.7. The van der Waals surface area contributed by atoms with Crippen LogP contribution in [-0.2, 0) is 29.1 Å². The maximum absolute atomic E-state index is 5.25. The molecular formula is C147H102N2. The minimum atomic E-state index is -0.0867. The topological polar surface area (TPSA) is 25.8 Å². The summed E-state index contributed by atoms with van der Waals surface area (Å²) < 4.78 is 0. The number of rotatable bonds is 9. The molecule has 149 heavy (non-hydrogen) atoms. The predicted molar refractivity (Wildman–Crippen MR) is 634 cm³/mol. The molecular weight excluding hydrogens is 1790 g/mol. The first-order chi connectivity index (χ1) is 73.1. The van der Waals surface area contributed by atoms with Gasteiger partial charge in [0.15, 0.2) is 0 Å². The van der Waals surface area contributed by atoms with E-state index in [1.165, 1.54) is 285 Å².